The van der Waals surface area contributed by atoms with Crippen LogP contribution in [0.4, 0.5) is 0 Å². The second-order valence-electron chi connectivity index (χ2n) is 16.1. The van der Waals surface area contributed by atoms with Crippen LogP contribution in [0.2, 0.25) is 0 Å². The van der Waals surface area contributed by atoms with Crippen molar-refractivity contribution in [3.63, 3.8) is 0 Å². The van der Waals surface area contributed by atoms with Crippen LogP contribution in [0.3, 0.4) is 0 Å². The van der Waals surface area contributed by atoms with Gasteiger partial charge >= 0.3 is 0 Å². The van der Waals surface area contributed by atoms with E-state index < -0.39 is 0 Å². The molecule has 278 valence electrons. The average Bonchev–Trinajstić information content (AvgIpc) is 3.93. The lowest BCUT2D eigenvalue weighted by molar-refractivity contribution is 0.660. The van der Waals surface area contributed by atoms with Gasteiger partial charge in [-0.2, -0.15) is 0 Å². The monoisotopic (exact) mass is 756 g/mol. The molecule has 59 heavy (non-hydrogen) atoms. The molecule has 3 heterocycles. The zero-order chi connectivity index (χ0) is 39.2. The minimum Gasteiger partial charge on any atom is -0.456 e. The topological polar surface area (TPSA) is 52.1 Å². The SMILES string of the molecule is CC1(C)c2ccccc2-c2cc(-c3nc(-c4cc(-c5cc(-c6ccccc6)cc(-c6ccccc6)c5)cc5oc6ccccc6c45)nc4c3oc3ccccc34)ccc21. The summed E-state index contributed by atoms with van der Waals surface area (Å²) in [6.07, 6.45) is 0. The van der Waals surface area contributed by atoms with Gasteiger partial charge in [0.25, 0.3) is 0 Å². The highest BCUT2D eigenvalue weighted by Gasteiger charge is 2.35. The molecule has 0 N–H and O–H groups in total. The summed E-state index contributed by atoms with van der Waals surface area (Å²) < 4.78 is 13.4. The Hall–Kier alpha value is -7.56. The predicted octanol–water partition coefficient (Wildman–Crippen LogP) is 14.9. The van der Waals surface area contributed by atoms with E-state index in [0.717, 1.165) is 88.6 Å². The van der Waals surface area contributed by atoms with E-state index >= 15 is 0 Å². The molecular weight excluding hydrogens is 721 g/mol. The van der Waals surface area contributed by atoms with Gasteiger partial charge in [0.1, 0.15) is 28.0 Å². The molecule has 0 unspecified atom stereocenters. The Labute approximate surface area is 341 Å². The minimum atomic E-state index is -0.109. The van der Waals surface area contributed by atoms with Crippen LogP contribution in [-0.2, 0) is 5.41 Å². The molecule has 0 bridgehead atoms. The Morgan fingerprint density at radius 3 is 1.68 bits per heavy atom. The van der Waals surface area contributed by atoms with E-state index in [9.17, 15) is 0 Å². The maximum atomic E-state index is 6.69. The zero-order valence-electron chi connectivity index (χ0n) is 32.5. The summed E-state index contributed by atoms with van der Waals surface area (Å²) >= 11 is 0. The molecule has 1 aliphatic carbocycles. The van der Waals surface area contributed by atoms with Crippen molar-refractivity contribution >= 4 is 44.0 Å². The normalized spacial score (nSPS) is 13.1. The molecular formula is C55H36N2O2. The van der Waals surface area contributed by atoms with Crippen molar-refractivity contribution in [3.05, 3.63) is 193 Å². The first-order valence-electron chi connectivity index (χ1n) is 20.1. The molecule has 0 spiro atoms. The summed E-state index contributed by atoms with van der Waals surface area (Å²) in [7, 11) is 0. The van der Waals surface area contributed by atoms with Gasteiger partial charge in [-0.05, 0) is 110 Å². The molecule has 0 atom stereocenters. The summed E-state index contributed by atoms with van der Waals surface area (Å²) in [5, 5.41) is 2.95. The molecule has 0 fully saturated rings. The van der Waals surface area contributed by atoms with Crippen LogP contribution >= 0.6 is 0 Å². The zero-order valence-corrected chi connectivity index (χ0v) is 32.5. The second-order valence-corrected chi connectivity index (χ2v) is 16.1. The van der Waals surface area contributed by atoms with Gasteiger partial charge in [-0.15, -0.1) is 0 Å². The summed E-state index contributed by atoms with van der Waals surface area (Å²) in [5.74, 6) is 0.612. The standard InChI is InChI=1S/C55H36N2O2/c1-55(2)45-22-12-9-19-40(45)43-30-35(25-26-46(43)55)51-53-52(42-21-11-14-24-48(42)59-53)57-54(56-51)44-31-39(32-49-50(44)41-20-10-13-23-47(41)58-49)38-28-36(33-15-5-3-6-16-33)27-37(29-38)34-17-7-4-8-18-34/h3-32H,1-2H3. The van der Waals surface area contributed by atoms with E-state index in [4.69, 9.17) is 18.8 Å². The number of para-hydroxylation sites is 2. The van der Waals surface area contributed by atoms with Crippen molar-refractivity contribution in [2.75, 3.05) is 0 Å². The number of hydrogen-bond acceptors (Lipinski definition) is 4. The third-order valence-electron chi connectivity index (χ3n) is 12.3. The van der Waals surface area contributed by atoms with Gasteiger partial charge < -0.3 is 8.83 Å². The molecule has 1 aliphatic rings. The van der Waals surface area contributed by atoms with E-state index in [1.165, 1.54) is 22.3 Å². The van der Waals surface area contributed by atoms with Crippen molar-refractivity contribution < 1.29 is 8.83 Å². The van der Waals surface area contributed by atoms with E-state index in [-0.39, 0.29) is 5.41 Å². The smallest absolute Gasteiger partial charge is 0.180 e. The highest BCUT2D eigenvalue weighted by Crippen LogP contribution is 2.50. The molecule has 11 aromatic rings. The van der Waals surface area contributed by atoms with Gasteiger partial charge in [0.15, 0.2) is 11.4 Å². The average molecular weight is 757 g/mol. The van der Waals surface area contributed by atoms with Crippen LogP contribution in [0.25, 0.3) is 111 Å². The van der Waals surface area contributed by atoms with Gasteiger partial charge in [-0.1, -0.05) is 141 Å². The first-order chi connectivity index (χ1) is 29.0. The van der Waals surface area contributed by atoms with Crippen LogP contribution in [0.5, 0.6) is 0 Å². The van der Waals surface area contributed by atoms with Gasteiger partial charge in [0, 0.05) is 32.7 Å². The molecule has 0 radical (unpaired) electrons. The summed E-state index contributed by atoms with van der Waals surface area (Å²) in [5.41, 5.74) is 18.2. The van der Waals surface area contributed by atoms with Crippen LogP contribution in [-0.4, -0.2) is 9.97 Å². The van der Waals surface area contributed by atoms with Gasteiger partial charge in [0.2, 0.25) is 0 Å². The fraction of sp³-hybridized carbons (Fsp3) is 0.0545. The van der Waals surface area contributed by atoms with Crippen molar-refractivity contribution in [1.82, 2.24) is 9.97 Å². The van der Waals surface area contributed by atoms with Crippen molar-refractivity contribution in [3.8, 4) is 67.2 Å². The van der Waals surface area contributed by atoms with Crippen LogP contribution in [0.15, 0.2) is 191 Å². The number of aromatic nitrogens is 2. The minimum absolute atomic E-state index is 0.109. The fourth-order valence-electron chi connectivity index (χ4n) is 9.36. The molecule has 3 aromatic heterocycles. The molecule has 4 nitrogen and oxygen atoms in total. The Balaban J connectivity index is 1.14. The summed E-state index contributed by atoms with van der Waals surface area (Å²) in [6.45, 7) is 4.62. The molecule has 0 saturated heterocycles. The number of benzene rings is 8. The first kappa shape index (κ1) is 33.6. The lowest BCUT2D eigenvalue weighted by Crippen LogP contribution is -2.14. The van der Waals surface area contributed by atoms with Gasteiger partial charge in [-0.25, -0.2) is 9.97 Å². The molecule has 8 aromatic carbocycles. The highest BCUT2D eigenvalue weighted by atomic mass is 16.3. The number of hydrogen-bond donors (Lipinski definition) is 0. The third-order valence-corrected chi connectivity index (χ3v) is 12.3. The lowest BCUT2D eigenvalue weighted by Gasteiger charge is -2.21. The maximum absolute atomic E-state index is 6.69. The highest BCUT2D eigenvalue weighted by molar-refractivity contribution is 6.14. The second kappa shape index (κ2) is 12.7. The number of rotatable bonds is 5. The van der Waals surface area contributed by atoms with E-state index in [1.807, 2.05) is 30.3 Å². The number of furan rings is 2. The van der Waals surface area contributed by atoms with E-state index in [0.29, 0.717) is 11.4 Å². The Morgan fingerprint density at radius 1 is 0.390 bits per heavy atom. The lowest BCUT2D eigenvalue weighted by atomic mass is 9.82. The maximum Gasteiger partial charge on any atom is 0.180 e. The summed E-state index contributed by atoms with van der Waals surface area (Å²) in [6, 6.07) is 64.3. The number of nitrogens with zero attached hydrogens (tertiary/aromatic N) is 2. The Bertz CT molecular complexity index is 3410. The number of fused-ring (bicyclic) bond motifs is 9. The molecule has 12 rings (SSSR count). The Kier molecular flexibility index (Phi) is 7.24. The Morgan fingerprint density at radius 2 is 0.949 bits per heavy atom. The van der Waals surface area contributed by atoms with Crippen LogP contribution in [0.1, 0.15) is 25.0 Å². The van der Waals surface area contributed by atoms with E-state index in [2.05, 4.69) is 166 Å². The summed E-state index contributed by atoms with van der Waals surface area (Å²) in [4.78, 5) is 10.9. The van der Waals surface area contributed by atoms with Crippen molar-refractivity contribution in [1.29, 1.82) is 0 Å². The third kappa shape index (κ3) is 5.23. The van der Waals surface area contributed by atoms with Gasteiger partial charge in [0.05, 0.1) is 0 Å². The molecule has 0 saturated carbocycles. The van der Waals surface area contributed by atoms with Crippen LogP contribution < -0.4 is 0 Å². The van der Waals surface area contributed by atoms with Crippen LogP contribution in [0, 0.1) is 0 Å². The fourth-order valence-corrected chi connectivity index (χ4v) is 9.36. The molecule has 0 amide bonds. The first-order valence-corrected chi connectivity index (χ1v) is 20.1. The van der Waals surface area contributed by atoms with Crippen molar-refractivity contribution in [2.45, 2.75) is 19.3 Å². The largest absolute Gasteiger partial charge is 0.456 e. The predicted molar refractivity (Wildman–Crippen MR) is 241 cm³/mol. The van der Waals surface area contributed by atoms with E-state index in [1.54, 1.807) is 0 Å². The molecule has 4 heteroatoms. The van der Waals surface area contributed by atoms with Crippen molar-refractivity contribution in [2.24, 2.45) is 0 Å². The quantitative estimate of drug-likeness (QED) is 0.175. The molecule has 0 aliphatic heterocycles. The van der Waals surface area contributed by atoms with Gasteiger partial charge in [-0.3, -0.25) is 0 Å².